The van der Waals surface area contributed by atoms with Crippen molar-refractivity contribution >= 4 is 59.8 Å². The number of rotatable bonds is 3. The zero-order chi connectivity index (χ0) is 25.1. The van der Waals surface area contributed by atoms with Gasteiger partial charge in [0.15, 0.2) is 0 Å². The summed E-state index contributed by atoms with van der Waals surface area (Å²) in [6.07, 6.45) is 10.6. The van der Waals surface area contributed by atoms with Crippen LogP contribution in [0.2, 0.25) is 0 Å². The predicted molar refractivity (Wildman–Crippen MR) is 161 cm³/mol. The molecule has 1 aliphatic carbocycles. The van der Waals surface area contributed by atoms with E-state index in [0.29, 0.717) is 0 Å². The Morgan fingerprint density at radius 1 is 0.711 bits per heavy atom. The molecule has 3 heteroatoms. The first-order chi connectivity index (χ1) is 18.8. The molecular formula is C35H23NOS. The molecule has 0 unspecified atom stereocenters. The Kier molecular flexibility index (Phi) is 4.86. The van der Waals surface area contributed by atoms with Crippen LogP contribution in [0.15, 0.2) is 109 Å². The highest BCUT2D eigenvalue weighted by molar-refractivity contribution is 7.19. The van der Waals surface area contributed by atoms with Gasteiger partial charge in [-0.3, -0.25) is 4.98 Å². The standard InChI is InChI=1S/C35H23NOS/c1-2-10-24-22(8-1)9-7-14-26(24)34-27-12-3-4-13-28(27)35(29-18-19-36-21-31(29)34)37-23-16-17-33-30(20-23)25-11-5-6-15-32(25)38-33/h1-5,7-14,16-21H,6,15H2. The molecule has 0 spiro atoms. The average molecular weight is 506 g/mol. The molecule has 0 saturated carbocycles. The molecule has 0 atom stereocenters. The fourth-order valence-electron chi connectivity index (χ4n) is 5.94. The van der Waals surface area contributed by atoms with E-state index in [1.807, 2.05) is 23.7 Å². The number of pyridine rings is 1. The minimum atomic E-state index is 0.859. The van der Waals surface area contributed by atoms with Gasteiger partial charge < -0.3 is 4.74 Å². The van der Waals surface area contributed by atoms with Crippen molar-refractivity contribution in [2.24, 2.45) is 0 Å². The molecule has 0 radical (unpaired) electrons. The summed E-state index contributed by atoms with van der Waals surface area (Å²) < 4.78 is 8.12. The van der Waals surface area contributed by atoms with Crippen LogP contribution in [0.25, 0.3) is 59.6 Å². The van der Waals surface area contributed by atoms with E-state index in [2.05, 4.69) is 108 Å². The number of allylic oxidation sites excluding steroid dienone is 1. The Hall–Kier alpha value is -4.47. The highest BCUT2D eigenvalue weighted by atomic mass is 32.1. The van der Waals surface area contributed by atoms with E-state index in [4.69, 9.17) is 4.74 Å². The molecule has 5 aromatic carbocycles. The van der Waals surface area contributed by atoms with E-state index < -0.39 is 0 Å². The van der Waals surface area contributed by atoms with E-state index in [-0.39, 0.29) is 0 Å². The van der Waals surface area contributed by atoms with Gasteiger partial charge in [-0.2, -0.15) is 0 Å². The third-order valence-corrected chi connectivity index (χ3v) is 8.90. The molecule has 0 fully saturated rings. The molecule has 2 nitrogen and oxygen atoms in total. The van der Waals surface area contributed by atoms with Crippen LogP contribution in [-0.2, 0) is 6.42 Å². The van der Waals surface area contributed by atoms with Gasteiger partial charge in [0, 0.05) is 43.5 Å². The van der Waals surface area contributed by atoms with E-state index in [9.17, 15) is 0 Å². The Morgan fingerprint density at radius 2 is 1.53 bits per heavy atom. The van der Waals surface area contributed by atoms with E-state index in [1.165, 1.54) is 42.4 Å². The second-order valence-electron chi connectivity index (χ2n) is 9.84. The third kappa shape index (κ3) is 3.29. The summed E-state index contributed by atoms with van der Waals surface area (Å²) >= 11 is 1.91. The van der Waals surface area contributed by atoms with E-state index >= 15 is 0 Å². The first kappa shape index (κ1) is 21.6. The van der Waals surface area contributed by atoms with Crippen molar-refractivity contribution in [3.63, 3.8) is 0 Å². The number of thiophene rings is 1. The van der Waals surface area contributed by atoms with Crippen LogP contribution in [0.3, 0.4) is 0 Å². The lowest BCUT2D eigenvalue weighted by Gasteiger charge is -2.18. The molecule has 8 rings (SSSR count). The molecule has 180 valence electrons. The number of aryl methyl sites for hydroxylation is 1. The molecule has 0 bridgehead atoms. The number of fused-ring (bicyclic) bond motifs is 6. The third-order valence-electron chi connectivity index (χ3n) is 7.65. The minimum Gasteiger partial charge on any atom is -0.456 e. The summed E-state index contributed by atoms with van der Waals surface area (Å²) in [5.41, 5.74) is 3.76. The molecule has 38 heavy (non-hydrogen) atoms. The number of hydrogen-bond acceptors (Lipinski definition) is 3. The lowest BCUT2D eigenvalue weighted by atomic mass is 9.89. The predicted octanol–water partition coefficient (Wildman–Crippen LogP) is 10.2. The van der Waals surface area contributed by atoms with Crippen molar-refractivity contribution < 1.29 is 4.74 Å². The van der Waals surface area contributed by atoms with Gasteiger partial charge >= 0.3 is 0 Å². The summed E-state index contributed by atoms with van der Waals surface area (Å²) in [5, 5.41) is 8.16. The summed E-state index contributed by atoms with van der Waals surface area (Å²) in [5.74, 6) is 1.74. The van der Waals surface area contributed by atoms with Gasteiger partial charge in [-0.15, -0.1) is 11.3 Å². The van der Waals surface area contributed by atoms with Crippen molar-refractivity contribution in [3.8, 4) is 22.6 Å². The Balaban J connectivity index is 1.39. The molecule has 7 aromatic rings. The monoisotopic (exact) mass is 505 g/mol. The maximum absolute atomic E-state index is 6.80. The van der Waals surface area contributed by atoms with Crippen LogP contribution in [0.1, 0.15) is 16.9 Å². The van der Waals surface area contributed by atoms with Crippen LogP contribution >= 0.6 is 11.3 Å². The quantitative estimate of drug-likeness (QED) is 0.223. The van der Waals surface area contributed by atoms with Gasteiger partial charge in [-0.05, 0) is 70.0 Å². The number of ether oxygens (including phenoxy) is 1. The topological polar surface area (TPSA) is 22.1 Å². The van der Waals surface area contributed by atoms with Crippen LogP contribution in [0.4, 0.5) is 0 Å². The molecule has 0 amide bonds. The molecule has 0 N–H and O–H groups in total. The second kappa shape index (κ2) is 8.54. The molecule has 2 heterocycles. The van der Waals surface area contributed by atoms with Crippen LogP contribution in [-0.4, -0.2) is 4.98 Å². The molecular weight excluding hydrogens is 482 g/mol. The zero-order valence-corrected chi connectivity index (χ0v) is 21.5. The largest absolute Gasteiger partial charge is 0.456 e. The molecule has 0 aliphatic heterocycles. The van der Waals surface area contributed by atoms with Crippen molar-refractivity contribution in [3.05, 3.63) is 120 Å². The Morgan fingerprint density at radius 3 is 2.47 bits per heavy atom. The first-order valence-corrected chi connectivity index (χ1v) is 13.8. The van der Waals surface area contributed by atoms with E-state index in [1.54, 1.807) is 0 Å². The SMILES string of the molecule is C1=Cc2c(sc3ccc(Oc4c5ccccc5c(-c5cccc6ccccc56)c5cnccc45)cc23)CC1. The molecule has 1 aliphatic rings. The lowest BCUT2D eigenvalue weighted by Crippen LogP contribution is -1.93. The summed E-state index contributed by atoms with van der Waals surface area (Å²) in [7, 11) is 0. The normalized spacial score (nSPS) is 12.9. The maximum atomic E-state index is 6.80. The highest BCUT2D eigenvalue weighted by Gasteiger charge is 2.19. The fraction of sp³-hybridized carbons (Fsp3) is 0.0571. The Bertz CT molecular complexity index is 2000. The van der Waals surface area contributed by atoms with Crippen LogP contribution < -0.4 is 4.74 Å². The van der Waals surface area contributed by atoms with Crippen molar-refractivity contribution in [2.45, 2.75) is 12.8 Å². The number of nitrogens with zero attached hydrogens (tertiary/aromatic N) is 1. The van der Waals surface area contributed by atoms with Gasteiger partial charge in [-0.1, -0.05) is 78.9 Å². The number of benzene rings is 5. The van der Waals surface area contributed by atoms with Crippen molar-refractivity contribution in [1.29, 1.82) is 0 Å². The average Bonchev–Trinajstić information content (AvgIpc) is 3.35. The van der Waals surface area contributed by atoms with Gasteiger partial charge in [0.25, 0.3) is 0 Å². The highest BCUT2D eigenvalue weighted by Crippen LogP contribution is 2.46. The minimum absolute atomic E-state index is 0.859. The zero-order valence-electron chi connectivity index (χ0n) is 20.6. The number of hydrogen-bond donors (Lipinski definition) is 0. The maximum Gasteiger partial charge on any atom is 0.143 e. The van der Waals surface area contributed by atoms with Gasteiger partial charge in [0.05, 0.1) is 0 Å². The summed E-state index contributed by atoms with van der Waals surface area (Å²) in [4.78, 5) is 6.03. The van der Waals surface area contributed by atoms with Gasteiger partial charge in [0.1, 0.15) is 11.5 Å². The smallest absolute Gasteiger partial charge is 0.143 e. The van der Waals surface area contributed by atoms with Crippen molar-refractivity contribution in [1.82, 2.24) is 4.98 Å². The Labute approximate surface area is 224 Å². The van der Waals surface area contributed by atoms with Gasteiger partial charge in [0.2, 0.25) is 0 Å². The fourth-order valence-corrected chi connectivity index (χ4v) is 7.12. The first-order valence-electron chi connectivity index (χ1n) is 13.0. The van der Waals surface area contributed by atoms with Crippen LogP contribution in [0, 0.1) is 0 Å². The lowest BCUT2D eigenvalue weighted by molar-refractivity contribution is 0.494. The second-order valence-corrected chi connectivity index (χ2v) is 11.0. The summed E-state index contributed by atoms with van der Waals surface area (Å²) in [6.45, 7) is 0. The van der Waals surface area contributed by atoms with Gasteiger partial charge in [-0.25, -0.2) is 0 Å². The van der Waals surface area contributed by atoms with E-state index in [0.717, 1.165) is 45.9 Å². The van der Waals surface area contributed by atoms with Crippen LogP contribution in [0.5, 0.6) is 11.5 Å². The molecule has 0 saturated heterocycles. The molecule has 2 aromatic heterocycles. The number of aromatic nitrogens is 1. The summed E-state index contributed by atoms with van der Waals surface area (Å²) in [6, 6.07) is 32.3. The van der Waals surface area contributed by atoms with Crippen molar-refractivity contribution in [2.75, 3.05) is 0 Å².